The molecule has 3 heteroatoms. The molecule has 0 aliphatic carbocycles. The van der Waals surface area contributed by atoms with E-state index in [-0.39, 0.29) is 11.9 Å². The van der Waals surface area contributed by atoms with E-state index in [9.17, 15) is 4.39 Å². The van der Waals surface area contributed by atoms with Crippen LogP contribution >= 0.6 is 15.9 Å². The Morgan fingerprint density at radius 1 is 0.952 bits per heavy atom. The van der Waals surface area contributed by atoms with Crippen molar-refractivity contribution in [1.82, 2.24) is 5.32 Å². The molecule has 0 fully saturated rings. The third-order valence-electron chi connectivity index (χ3n) is 3.66. The Hall–Kier alpha value is -1.71. The second kappa shape index (κ2) is 5.96. The molecule has 0 aromatic heterocycles. The van der Waals surface area contributed by atoms with Gasteiger partial charge in [0.25, 0.3) is 0 Å². The van der Waals surface area contributed by atoms with Crippen molar-refractivity contribution in [2.75, 3.05) is 7.05 Å². The molecule has 1 N–H and O–H groups in total. The van der Waals surface area contributed by atoms with Gasteiger partial charge in [0, 0.05) is 10.0 Å². The minimum atomic E-state index is -0.203. The molecule has 0 saturated carbocycles. The quantitative estimate of drug-likeness (QED) is 0.701. The predicted molar refractivity (Wildman–Crippen MR) is 89.0 cm³/mol. The summed E-state index contributed by atoms with van der Waals surface area (Å²) in [5, 5.41) is 5.55. The highest BCUT2D eigenvalue weighted by Gasteiger charge is 2.16. The van der Waals surface area contributed by atoms with Gasteiger partial charge in [0.1, 0.15) is 5.82 Å². The third-order valence-corrected chi connectivity index (χ3v) is 4.16. The van der Waals surface area contributed by atoms with Gasteiger partial charge >= 0.3 is 0 Å². The van der Waals surface area contributed by atoms with Gasteiger partial charge in [-0.05, 0) is 47.6 Å². The number of halogens is 2. The molecule has 3 aromatic rings. The topological polar surface area (TPSA) is 12.0 Å². The largest absolute Gasteiger partial charge is 0.309 e. The van der Waals surface area contributed by atoms with Crippen molar-refractivity contribution in [3.8, 4) is 0 Å². The molecular weight excluding hydrogens is 329 g/mol. The first-order valence-electron chi connectivity index (χ1n) is 6.80. The summed E-state index contributed by atoms with van der Waals surface area (Å²) in [4.78, 5) is 0. The van der Waals surface area contributed by atoms with Crippen LogP contribution in [0.2, 0.25) is 0 Å². The summed E-state index contributed by atoms with van der Waals surface area (Å²) in [5.41, 5.74) is 1.69. The summed E-state index contributed by atoms with van der Waals surface area (Å²) >= 11 is 3.41. The SMILES string of the molecule is CNC(c1ccc2ccccc2c1)c1cc(Br)ccc1F. The maximum absolute atomic E-state index is 14.1. The molecule has 3 rings (SSSR count). The van der Waals surface area contributed by atoms with E-state index in [1.807, 2.05) is 31.3 Å². The molecule has 0 radical (unpaired) electrons. The highest BCUT2D eigenvalue weighted by molar-refractivity contribution is 9.10. The number of fused-ring (bicyclic) bond motifs is 1. The van der Waals surface area contributed by atoms with Gasteiger partial charge in [0.15, 0.2) is 0 Å². The third kappa shape index (κ3) is 2.85. The van der Waals surface area contributed by atoms with Crippen LogP contribution in [0.25, 0.3) is 10.8 Å². The van der Waals surface area contributed by atoms with Gasteiger partial charge in [-0.1, -0.05) is 52.3 Å². The van der Waals surface area contributed by atoms with Gasteiger partial charge < -0.3 is 5.32 Å². The van der Waals surface area contributed by atoms with Crippen LogP contribution in [0.5, 0.6) is 0 Å². The van der Waals surface area contributed by atoms with Crippen LogP contribution in [0.3, 0.4) is 0 Å². The molecule has 1 unspecified atom stereocenters. The van der Waals surface area contributed by atoms with Gasteiger partial charge in [0.05, 0.1) is 6.04 Å². The Kier molecular flexibility index (Phi) is 4.04. The fourth-order valence-corrected chi connectivity index (χ4v) is 3.00. The Morgan fingerprint density at radius 3 is 2.48 bits per heavy atom. The average Bonchev–Trinajstić information content (AvgIpc) is 2.51. The standard InChI is InChI=1S/C18H15BrFN/c1-21-18(16-11-15(19)8-9-17(16)20)14-7-6-12-4-2-3-5-13(12)10-14/h2-11,18,21H,1H3. The lowest BCUT2D eigenvalue weighted by molar-refractivity contribution is 0.576. The van der Waals surface area contributed by atoms with Gasteiger partial charge in [0.2, 0.25) is 0 Å². The highest BCUT2D eigenvalue weighted by atomic mass is 79.9. The van der Waals surface area contributed by atoms with Gasteiger partial charge in [-0.15, -0.1) is 0 Å². The molecule has 0 bridgehead atoms. The normalized spacial score (nSPS) is 12.5. The lowest BCUT2D eigenvalue weighted by atomic mass is 9.96. The summed E-state index contributed by atoms with van der Waals surface area (Å²) in [6.45, 7) is 0. The molecular formula is C18H15BrFN. The fourth-order valence-electron chi connectivity index (χ4n) is 2.62. The van der Waals surface area contributed by atoms with Crippen LogP contribution in [0.1, 0.15) is 17.2 Å². The van der Waals surface area contributed by atoms with Gasteiger partial charge in [-0.25, -0.2) is 4.39 Å². The van der Waals surface area contributed by atoms with E-state index in [1.54, 1.807) is 6.07 Å². The number of hydrogen-bond donors (Lipinski definition) is 1. The summed E-state index contributed by atoms with van der Waals surface area (Å²) in [6, 6.07) is 19.3. The fraction of sp³-hybridized carbons (Fsp3) is 0.111. The molecule has 3 aromatic carbocycles. The molecule has 1 atom stereocenters. The van der Waals surface area contributed by atoms with Crippen molar-refractivity contribution in [2.24, 2.45) is 0 Å². The van der Waals surface area contributed by atoms with Crippen molar-refractivity contribution in [3.63, 3.8) is 0 Å². The smallest absolute Gasteiger partial charge is 0.128 e. The zero-order valence-corrected chi connectivity index (χ0v) is 13.2. The lowest BCUT2D eigenvalue weighted by Gasteiger charge is -2.19. The van der Waals surface area contributed by atoms with Crippen molar-refractivity contribution in [1.29, 1.82) is 0 Å². The zero-order chi connectivity index (χ0) is 14.8. The number of nitrogens with one attached hydrogen (secondary N) is 1. The molecule has 0 aliphatic heterocycles. The monoisotopic (exact) mass is 343 g/mol. The Bertz CT molecular complexity index is 785. The van der Waals surface area contributed by atoms with Crippen LogP contribution in [-0.2, 0) is 0 Å². The average molecular weight is 344 g/mol. The summed E-state index contributed by atoms with van der Waals surface area (Å²) in [6.07, 6.45) is 0. The number of hydrogen-bond acceptors (Lipinski definition) is 1. The first-order chi connectivity index (χ1) is 10.2. The van der Waals surface area contributed by atoms with E-state index in [4.69, 9.17) is 0 Å². The van der Waals surface area contributed by atoms with Crippen LogP contribution in [-0.4, -0.2) is 7.05 Å². The molecule has 0 saturated heterocycles. The van der Waals surface area contributed by atoms with Crippen molar-refractivity contribution in [2.45, 2.75) is 6.04 Å². The van der Waals surface area contributed by atoms with Crippen molar-refractivity contribution < 1.29 is 4.39 Å². The van der Waals surface area contributed by atoms with E-state index in [2.05, 4.69) is 45.5 Å². The van der Waals surface area contributed by atoms with Crippen LogP contribution in [0.15, 0.2) is 65.1 Å². The molecule has 0 spiro atoms. The maximum atomic E-state index is 14.1. The van der Waals surface area contributed by atoms with Gasteiger partial charge in [-0.2, -0.15) is 0 Å². The van der Waals surface area contributed by atoms with Crippen LogP contribution in [0.4, 0.5) is 4.39 Å². The van der Waals surface area contributed by atoms with Gasteiger partial charge in [-0.3, -0.25) is 0 Å². The Labute approximate surface area is 131 Å². The number of rotatable bonds is 3. The van der Waals surface area contributed by atoms with Crippen LogP contribution < -0.4 is 5.32 Å². The Morgan fingerprint density at radius 2 is 1.71 bits per heavy atom. The van der Waals surface area contributed by atoms with Crippen molar-refractivity contribution in [3.05, 3.63) is 82.1 Å². The Balaban J connectivity index is 2.11. The maximum Gasteiger partial charge on any atom is 0.128 e. The highest BCUT2D eigenvalue weighted by Crippen LogP contribution is 2.28. The zero-order valence-electron chi connectivity index (χ0n) is 11.6. The molecule has 106 valence electrons. The van der Waals surface area contributed by atoms with E-state index in [0.29, 0.717) is 5.56 Å². The second-order valence-corrected chi connectivity index (χ2v) is 5.91. The molecule has 21 heavy (non-hydrogen) atoms. The van der Waals surface area contributed by atoms with Crippen LogP contribution in [0, 0.1) is 5.82 Å². The van der Waals surface area contributed by atoms with E-state index in [0.717, 1.165) is 15.4 Å². The van der Waals surface area contributed by atoms with E-state index < -0.39 is 0 Å². The summed E-state index contributed by atoms with van der Waals surface area (Å²) in [5.74, 6) is -0.203. The molecule has 1 nitrogen and oxygen atoms in total. The summed E-state index contributed by atoms with van der Waals surface area (Å²) < 4.78 is 15.0. The molecule has 0 amide bonds. The lowest BCUT2D eigenvalue weighted by Crippen LogP contribution is -2.19. The van der Waals surface area contributed by atoms with Crippen molar-refractivity contribution >= 4 is 26.7 Å². The minimum absolute atomic E-state index is 0.174. The minimum Gasteiger partial charge on any atom is -0.309 e. The second-order valence-electron chi connectivity index (χ2n) is 4.99. The van der Waals surface area contributed by atoms with E-state index >= 15 is 0 Å². The number of benzene rings is 3. The first-order valence-corrected chi connectivity index (χ1v) is 7.59. The molecule has 0 heterocycles. The molecule has 0 aliphatic rings. The first kappa shape index (κ1) is 14.2. The summed E-state index contributed by atoms with van der Waals surface area (Å²) in [7, 11) is 1.85. The predicted octanol–water partition coefficient (Wildman–Crippen LogP) is 5.05. The van der Waals surface area contributed by atoms with E-state index in [1.165, 1.54) is 11.5 Å².